The Balaban J connectivity index is 1.55. The first-order valence-corrected chi connectivity index (χ1v) is 8.27. The standard InChI is InChI=1S/C15H20N4O2S/c1-10-11(2)21-14(16-10)8-18-4-6-19(7-5-18)15(20)13-9-22-12(3)17-13/h9H,4-8H2,1-3H3. The summed E-state index contributed by atoms with van der Waals surface area (Å²) in [6.07, 6.45) is 0. The fraction of sp³-hybridized carbons (Fsp3) is 0.533. The molecule has 0 N–H and O–H groups in total. The van der Waals surface area contributed by atoms with Gasteiger partial charge in [0.05, 0.1) is 17.2 Å². The molecule has 1 fully saturated rings. The van der Waals surface area contributed by atoms with Crippen LogP contribution in [0.4, 0.5) is 0 Å². The zero-order valence-corrected chi connectivity index (χ0v) is 13.9. The van der Waals surface area contributed by atoms with E-state index in [1.54, 1.807) is 0 Å². The van der Waals surface area contributed by atoms with Gasteiger partial charge in [-0.1, -0.05) is 0 Å². The number of carbonyl (C=O) groups excluding carboxylic acids is 1. The second kappa shape index (κ2) is 6.18. The zero-order valence-electron chi connectivity index (χ0n) is 13.1. The number of rotatable bonds is 3. The van der Waals surface area contributed by atoms with Crippen molar-refractivity contribution in [1.29, 1.82) is 0 Å². The molecule has 1 amide bonds. The van der Waals surface area contributed by atoms with E-state index in [9.17, 15) is 4.79 Å². The van der Waals surface area contributed by atoms with E-state index in [1.165, 1.54) is 11.3 Å². The molecule has 2 aromatic rings. The van der Waals surface area contributed by atoms with Crippen LogP contribution in [0, 0.1) is 20.8 Å². The van der Waals surface area contributed by atoms with Gasteiger partial charge >= 0.3 is 0 Å². The summed E-state index contributed by atoms with van der Waals surface area (Å²) in [7, 11) is 0. The number of hydrogen-bond donors (Lipinski definition) is 0. The molecule has 0 aliphatic carbocycles. The maximum Gasteiger partial charge on any atom is 0.273 e. The third-order valence-electron chi connectivity index (χ3n) is 3.93. The van der Waals surface area contributed by atoms with Gasteiger partial charge in [-0.2, -0.15) is 0 Å². The third-order valence-corrected chi connectivity index (χ3v) is 4.70. The Kier molecular flexibility index (Phi) is 4.26. The fourth-order valence-electron chi connectivity index (χ4n) is 2.53. The smallest absolute Gasteiger partial charge is 0.273 e. The molecule has 0 radical (unpaired) electrons. The topological polar surface area (TPSA) is 62.5 Å². The van der Waals surface area contributed by atoms with Crippen molar-refractivity contribution >= 4 is 17.2 Å². The van der Waals surface area contributed by atoms with Gasteiger partial charge in [0, 0.05) is 31.6 Å². The average Bonchev–Trinajstić information content (AvgIpc) is 3.06. The van der Waals surface area contributed by atoms with Gasteiger partial charge in [0.2, 0.25) is 5.89 Å². The average molecular weight is 320 g/mol. The van der Waals surface area contributed by atoms with E-state index in [-0.39, 0.29) is 5.91 Å². The summed E-state index contributed by atoms with van der Waals surface area (Å²) >= 11 is 1.51. The molecule has 22 heavy (non-hydrogen) atoms. The van der Waals surface area contributed by atoms with Crippen molar-refractivity contribution in [2.75, 3.05) is 26.2 Å². The van der Waals surface area contributed by atoms with E-state index in [1.807, 2.05) is 31.1 Å². The molecule has 2 aromatic heterocycles. The van der Waals surface area contributed by atoms with Gasteiger partial charge in [-0.05, 0) is 20.8 Å². The predicted molar refractivity (Wildman–Crippen MR) is 84.0 cm³/mol. The number of hydrogen-bond acceptors (Lipinski definition) is 6. The van der Waals surface area contributed by atoms with Crippen LogP contribution in [0.1, 0.15) is 32.8 Å². The number of thiazole rings is 1. The first kappa shape index (κ1) is 15.2. The van der Waals surface area contributed by atoms with Crippen LogP contribution in [0.25, 0.3) is 0 Å². The van der Waals surface area contributed by atoms with Crippen LogP contribution in [0.5, 0.6) is 0 Å². The normalized spacial score (nSPS) is 16.2. The lowest BCUT2D eigenvalue weighted by molar-refractivity contribution is 0.0612. The van der Waals surface area contributed by atoms with Crippen LogP contribution >= 0.6 is 11.3 Å². The first-order chi connectivity index (χ1) is 10.5. The molecule has 118 valence electrons. The minimum absolute atomic E-state index is 0.0341. The molecule has 1 saturated heterocycles. The molecule has 6 nitrogen and oxygen atoms in total. The minimum Gasteiger partial charge on any atom is -0.444 e. The van der Waals surface area contributed by atoms with Gasteiger partial charge in [0.1, 0.15) is 11.5 Å². The monoisotopic (exact) mass is 320 g/mol. The SMILES string of the molecule is Cc1nc(C(=O)N2CCN(Cc3nc(C)c(C)o3)CC2)cs1. The van der Waals surface area contributed by atoms with E-state index in [2.05, 4.69) is 14.9 Å². The second-order valence-electron chi connectivity index (χ2n) is 5.57. The Morgan fingerprint density at radius 1 is 1.23 bits per heavy atom. The summed E-state index contributed by atoms with van der Waals surface area (Å²) in [5.74, 6) is 1.67. The van der Waals surface area contributed by atoms with E-state index in [4.69, 9.17) is 4.42 Å². The predicted octanol–water partition coefficient (Wildman–Crippen LogP) is 2.01. The van der Waals surface area contributed by atoms with E-state index in [0.717, 1.165) is 35.4 Å². The molecule has 0 bridgehead atoms. The Morgan fingerprint density at radius 3 is 2.50 bits per heavy atom. The molecule has 3 heterocycles. The highest BCUT2D eigenvalue weighted by atomic mass is 32.1. The third kappa shape index (κ3) is 3.20. The summed E-state index contributed by atoms with van der Waals surface area (Å²) in [6, 6.07) is 0. The van der Waals surface area contributed by atoms with Crippen molar-refractivity contribution in [3.63, 3.8) is 0 Å². The molecule has 0 atom stereocenters. The second-order valence-corrected chi connectivity index (χ2v) is 6.63. The van der Waals surface area contributed by atoms with Gasteiger partial charge in [-0.25, -0.2) is 9.97 Å². The van der Waals surface area contributed by atoms with Crippen molar-refractivity contribution in [3.05, 3.63) is 33.4 Å². The Hall–Kier alpha value is -1.73. The zero-order chi connectivity index (χ0) is 15.7. The number of aromatic nitrogens is 2. The van der Waals surface area contributed by atoms with Crippen LogP contribution in [-0.4, -0.2) is 51.9 Å². The molecule has 7 heteroatoms. The quantitative estimate of drug-likeness (QED) is 0.866. The number of oxazole rings is 1. The Labute approximate surface area is 133 Å². The summed E-state index contributed by atoms with van der Waals surface area (Å²) in [6.45, 7) is 9.59. The Bertz CT molecular complexity index is 651. The lowest BCUT2D eigenvalue weighted by atomic mass is 10.3. The van der Waals surface area contributed by atoms with Gasteiger partial charge < -0.3 is 9.32 Å². The van der Waals surface area contributed by atoms with Gasteiger partial charge in [0.15, 0.2) is 0 Å². The summed E-state index contributed by atoms with van der Waals surface area (Å²) in [5, 5.41) is 2.76. The highest BCUT2D eigenvalue weighted by Gasteiger charge is 2.24. The lowest BCUT2D eigenvalue weighted by Crippen LogP contribution is -2.48. The molecule has 1 aliphatic rings. The number of amides is 1. The first-order valence-electron chi connectivity index (χ1n) is 7.39. The number of carbonyl (C=O) groups is 1. The molecule has 0 unspecified atom stereocenters. The number of aryl methyl sites for hydroxylation is 3. The van der Waals surface area contributed by atoms with E-state index >= 15 is 0 Å². The highest BCUT2D eigenvalue weighted by molar-refractivity contribution is 7.09. The van der Waals surface area contributed by atoms with Crippen LogP contribution in [0.3, 0.4) is 0 Å². The summed E-state index contributed by atoms with van der Waals surface area (Å²) in [4.78, 5) is 25.2. The molecular formula is C15H20N4O2S. The van der Waals surface area contributed by atoms with Crippen LogP contribution in [0.2, 0.25) is 0 Å². The van der Waals surface area contributed by atoms with Crippen molar-refractivity contribution in [2.24, 2.45) is 0 Å². The summed E-state index contributed by atoms with van der Waals surface area (Å²) in [5.41, 5.74) is 1.51. The van der Waals surface area contributed by atoms with Crippen molar-refractivity contribution in [2.45, 2.75) is 27.3 Å². The molecular weight excluding hydrogens is 300 g/mol. The number of nitrogens with zero attached hydrogens (tertiary/aromatic N) is 4. The fourth-order valence-corrected chi connectivity index (χ4v) is 3.12. The Morgan fingerprint density at radius 2 is 1.95 bits per heavy atom. The highest BCUT2D eigenvalue weighted by Crippen LogP contribution is 2.15. The summed E-state index contributed by atoms with van der Waals surface area (Å²) < 4.78 is 5.62. The molecule has 0 saturated carbocycles. The maximum atomic E-state index is 12.3. The maximum absolute atomic E-state index is 12.3. The van der Waals surface area contributed by atoms with Gasteiger partial charge in [0.25, 0.3) is 5.91 Å². The van der Waals surface area contributed by atoms with Gasteiger partial charge in [-0.15, -0.1) is 11.3 Å². The van der Waals surface area contributed by atoms with Crippen LogP contribution < -0.4 is 0 Å². The molecule has 0 aromatic carbocycles. The minimum atomic E-state index is 0.0341. The van der Waals surface area contributed by atoms with Crippen molar-refractivity contribution in [3.8, 4) is 0 Å². The van der Waals surface area contributed by atoms with Gasteiger partial charge in [-0.3, -0.25) is 9.69 Å². The molecule has 3 rings (SSSR count). The molecule has 0 spiro atoms. The van der Waals surface area contributed by atoms with Crippen LogP contribution in [-0.2, 0) is 6.54 Å². The largest absolute Gasteiger partial charge is 0.444 e. The lowest BCUT2D eigenvalue weighted by Gasteiger charge is -2.33. The van der Waals surface area contributed by atoms with E-state index < -0.39 is 0 Å². The van der Waals surface area contributed by atoms with Crippen molar-refractivity contribution < 1.29 is 9.21 Å². The van der Waals surface area contributed by atoms with Crippen LogP contribution in [0.15, 0.2) is 9.80 Å². The number of piperazine rings is 1. The van der Waals surface area contributed by atoms with E-state index in [0.29, 0.717) is 25.3 Å². The van der Waals surface area contributed by atoms with Crippen molar-refractivity contribution in [1.82, 2.24) is 19.8 Å². The molecule has 1 aliphatic heterocycles.